The van der Waals surface area contributed by atoms with Gasteiger partial charge in [-0.1, -0.05) is 48.6 Å². The highest BCUT2D eigenvalue weighted by Crippen LogP contribution is 2.21. The number of benzene rings is 1. The van der Waals surface area contributed by atoms with Gasteiger partial charge in [-0.15, -0.1) is 11.3 Å². The number of hydrogen-bond donors (Lipinski definition) is 0. The molecule has 24 heavy (non-hydrogen) atoms. The number of piperazine rings is 1. The van der Waals surface area contributed by atoms with E-state index in [1.54, 1.807) is 21.8 Å². The Labute approximate surface area is 153 Å². The van der Waals surface area contributed by atoms with Crippen LogP contribution in [0.3, 0.4) is 0 Å². The van der Waals surface area contributed by atoms with E-state index in [2.05, 4.69) is 29.2 Å². The molecule has 1 saturated heterocycles. The van der Waals surface area contributed by atoms with Gasteiger partial charge in [0.15, 0.2) is 0 Å². The standard InChI is InChI=1S/C17H20N2O2S2.ClH/c20-23(21,17-9-5-15-22-17)19-13-11-18(12-14-19)10-4-8-16-6-2-1-3-7-16;/h1-9,15H,10-14H2;1H/p-1/b8-4+;. The van der Waals surface area contributed by atoms with Crippen molar-refractivity contribution in [2.24, 2.45) is 0 Å². The van der Waals surface area contributed by atoms with Crippen LogP contribution in [0, 0.1) is 0 Å². The number of thiophene rings is 1. The summed E-state index contributed by atoms with van der Waals surface area (Å²) in [5.41, 5.74) is 1.19. The van der Waals surface area contributed by atoms with E-state index in [0.717, 1.165) is 19.6 Å². The maximum atomic E-state index is 12.5. The van der Waals surface area contributed by atoms with E-state index in [1.165, 1.54) is 16.9 Å². The third-order valence-corrected chi connectivity index (χ3v) is 7.17. The van der Waals surface area contributed by atoms with Crippen molar-refractivity contribution in [2.45, 2.75) is 4.21 Å². The van der Waals surface area contributed by atoms with Crippen molar-refractivity contribution in [1.82, 2.24) is 9.21 Å². The van der Waals surface area contributed by atoms with Gasteiger partial charge in [-0.25, -0.2) is 8.42 Å². The minimum atomic E-state index is -3.30. The topological polar surface area (TPSA) is 40.6 Å². The number of halogens is 1. The second kappa shape index (κ2) is 8.78. The third kappa shape index (κ3) is 4.68. The van der Waals surface area contributed by atoms with E-state index in [0.29, 0.717) is 17.3 Å². The normalized spacial score (nSPS) is 17.0. The minimum absolute atomic E-state index is 0. The molecular formula is C17H20ClN2O2S2-. The molecule has 0 N–H and O–H groups in total. The van der Waals surface area contributed by atoms with Crippen LogP contribution in [0.2, 0.25) is 0 Å². The fourth-order valence-electron chi connectivity index (χ4n) is 2.59. The molecule has 1 aromatic heterocycles. The minimum Gasteiger partial charge on any atom is -1.00 e. The third-order valence-electron chi connectivity index (χ3n) is 3.89. The average Bonchev–Trinajstić information content (AvgIpc) is 3.12. The van der Waals surface area contributed by atoms with Crippen LogP contribution in [0.5, 0.6) is 0 Å². The predicted molar refractivity (Wildman–Crippen MR) is 95.0 cm³/mol. The first-order chi connectivity index (χ1) is 11.2. The fourth-order valence-corrected chi connectivity index (χ4v) is 5.16. The van der Waals surface area contributed by atoms with Crippen LogP contribution in [-0.4, -0.2) is 50.3 Å². The molecule has 130 valence electrons. The van der Waals surface area contributed by atoms with E-state index < -0.39 is 10.0 Å². The highest BCUT2D eigenvalue weighted by atomic mass is 35.5. The Morgan fingerprint density at radius 1 is 1.00 bits per heavy atom. The first-order valence-electron chi connectivity index (χ1n) is 7.64. The molecule has 0 unspecified atom stereocenters. The summed E-state index contributed by atoms with van der Waals surface area (Å²) >= 11 is 1.28. The summed E-state index contributed by atoms with van der Waals surface area (Å²) in [5.74, 6) is 0. The van der Waals surface area contributed by atoms with Gasteiger partial charge in [0.05, 0.1) is 0 Å². The summed E-state index contributed by atoms with van der Waals surface area (Å²) in [4.78, 5) is 2.28. The zero-order valence-electron chi connectivity index (χ0n) is 13.2. The molecule has 1 aliphatic heterocycles. The first-order valence-corrected chi connectivity index (χ1v) is 9.96. The van der Waals surface area contributed by atoms with Crippen molar-refractivity contribution in [1.29, 1.82) is 0 Å². The molecule has 1 aliphatic rings. The lowest BCUT2D eigenvalue weighted by molar-refractivity contribution is -0.00000715. The second-order valence-electron chi connectivity index (χ2n) is 5.45. The van der Waals surface area contributed by atoms with Crippen LogP contribution >= 0.6 is 11.3 Å². The Morgan fingerprint density at radius 3 is 2.33 bits per heavy atom. The number of hydrogen-bond acceptors (Lipinski definition) is 4. The molecule has 1 aromatic carbocycles. The van der Waals surface area contributed by atoms with Crippen LogP contribution in [0.25, 0.3) is 6.08 Å². The number of sulfonamides is 1. The smallest absolute Gasteiger partial charge is 0.252 e. The zero-order valence-corrected chi connectivity index (χ0v) is 15.6. The van der Waals surface area contributed by atoms with E-state index in [-0.39, 0.29) is 12.4 Å². The highest BCUT2D eigenvalue weighted by Gasteiger charge is 2.28. The van der Waals surface area contributed by atoms with E-state index in [9.17, 15) is 8.42 Å². The quantitative estimate of drug-likeness (QED) is 0.716. The Hall–Kier alpha value is -1.18. The van der Waals surface area contributed by atoms with Crippen molar-refractivity contribution in [3.8, 4) is 0 Å². The Kier molecular flexibility index (Phi) is 7.01. The molecule has 0 aliphatic carbocycles. The first kappa shape index (κ1) is 19.1. The summed E-state index contributed by atoms with van der Waals surface area (Å²) in [5, 5.41) is 1.80. The lowest BCUT2D eigenvalue weighted by Crippen LogP contribution is -3.00. The van der Waals surface area contributed by atoms with Gasteiger partial charge in [0.1, 0.15) is 4.21 Å². The Bertz CT molecular complexity index is 738. The van der Waals surface area contributed by atoms with Gasteiger partial charge in [-0.05, 0) is 17.0 Å². The van der Waals surface area contributed by atoms with Gasteiger partial charge in [0, 0.05) is 32.7 Å². The molecule has 0 spiro atoms. The van der Waals surface area contributed by atoms with Crippen LogP contribution in [-0.2, 0) is 10.0 Å². The average molecular weight is 384 g/mol. The molecule has 0 saturated carbocycles. The van der Waals surface area contributed by atoms with Crippen molar-refractivity contribution < 1.29 is 20.8 Å². The van der Waals surface area contributed by atoms with Crippen LogP contribution in [0.15, 0.2) is 58.1 Å². The largest absolute Gasteiger partial charge is 1.00 e. The summed E-state index contributed by atoms with van der Waals surface area (Å²) < 4.78 is 26.9. The van der Waals surface area contributed by atoms with Crippen molar-refractivity contribution in [3.63, 3.8) is 0 Å². The van der Waals surface area contributed by atoms with Gasteiger partial charge >= 0.3 is 0 Å². The van der Waals surface area contributed by atoms with Gasteiger partial charge < -0.3 is 12.4 Å². The summed E-state index contributed by atoms with van der Waals surface area (Å²) in [6, 6.07) is 13.6. The second-order valence-corrected chi connectivity index (χ2v) is 8.56. The van der Waals surface area contributed by atoms with E-state index >= 15 is 0 Å². The monoisotopic (exact) mass is 383 g/mol. The van der Waals surface area contributed by atoms with Gasteiger partial charge in [0.25, 0.3) is 10.0 Å². The number of rotatable bonds is 5. The van der Waals surface area contributed by atoms with Crippen LogP contribution < -0.4 is 12.4 Å². The molecule has 0 amide bonds. The van der Waals surface area contributed by atoms with Crippen LogP contribution in [0.1, 0.15) is 5.56 Å². The molecule has 7 heteroatoms. The van der Waals surface area contributed by atoms with Gasteiger partial charge in [0.2, 0.25) is 0 Å². The zero-order chi connectivity index (χ0) is 16.1. The molecule has 0 bridgehead atoms. The SMILES string of the molecule is O=S(=O)(c1cccs1)N1CCN(C/C=C/c2ccccc2)CC1.[Cl-]. The highest BCUT2D eigenvalue weighted by molar-refractivity contribution is 7.91. The van der Waals surface area contributed by atoms with E-state index in [1.807, 2.05) is 18.2 Å². The van der Waals surface area contributed by atoms with E-state index in [4.69, 9.17) is 0 Å². The number of nitrogens with zero attached hydrogens (tertiary/aromatic N) is 2. The predicted octanol–water partition coefficient (Wildman–Crippen LogP) is -0.228. The summed E-state index contributed by atoms with van der Waals surface area (Å²) in [6.45, 7) is 3.49. The fraction of sp³-hybridized carbons (Fsp3) is 0.294. The maximum Gasteiger partial charge on any atom is 0.252 e. The molecule has 4 nitrogen and oxygen atoms in total. The van der Waals surface area contributed by atoms with Crippen LogP contribution in [0.4, 0.5) is 0 Å². The van der Waals surface area contributed by atoms with Gasteiger partial charge in [-0.3, -0.25) is 4.90 Å². The van der Waals surface area contributed by atoms with Crippen molar-refractivity contribution >= 4 is 27.4 Å². The molecule has 1 fully saturated rings. The van der Waals surface area contributed by atoms with Gasteiger partial charge in [-0.2, -0.15) is 4.31 Å². The molecule has 2 aromatic rings. The van der Waals surface area contributed by atoms with Crippen molar-refractivity contribution in [2.75, 3.05) is 32.7 Å². The summed E-state index contributed by atoms with van der Waals surface area (Å²) in [7, 11) is -3.30. The Balaban J connectivity index is 0.00000208. The molecule has 2 heterocycles. The molecular weight excluding hydrogens is 364 g/mol. The lowest BCUT2D eigenvalue weighted by Gasteiger charge is -2.33. The maximum absolute atomic E-state index is 12.5. The lowest BCUT2D eigenvalue weighted by atomic mass is 10.2. The van der Waals surface area contributed by atoms with Crippen molar-refractivity contribution in [3.05, 3.63) is 59.5 Å². The molecule has 0 radical (unpaired) electrons. The summed E-state index contributed by atoms with van der Waals surface area (Å²) in [6.07, 6.45) is 4.24. The molecule has 0 atom stereocenters. The molecule has 3 rings (SSSR count). The Morgan fingerprint density at radius 2 is 1.71 bits per heavy atom.